The van der Waals surface area contributed by atoms with Crippen LogP contribution in [-0.2, 0) is 11.3 Å². The van der Waals surface area contributed by atoms with E-state index >= 15 is 0 Å². The van der Waals surface area contributed by atoms with Crippen molar-refractivity contribution in [1.82, 2.24) is 14.8 Å². The Morgan fingerprint density at radius 1 is 1.32 bits per heavy atom. The van der Waals surface area contributed by atoms with Crippen molar-refractivity contribution in [1.29, 1.82) is 0 Å². The molecule has 1 aromatic carbocycles. The third-order valence-corrected chi connectivity index (χ3v) is 4.81. The lowest BCUT2D eigenvalue weighted by atomic mass is 10.2. The van der Waals surface area contributed by atoms with Crippen LogP contribution in [-0.4, -0.2) is 20.7 Å². The van der Waals surface area contributed by atoms with E-state index in [1.807, 2.05) is 49.6 Å². The summed E-state index contributed by atoms with van der Waals surface area (Å²) in [7, 11) is 0. The van der Waals surface area contributed by atoms with Gasteiger partial charge >= 0.3 is 0 Å². The van der Waals surface area contributed by atoms with Gasteiger partial charge in [-0.05, 0) is 25.5 Å². The molecular formula is C18H17ClN4OS. The Morgan fingerprint density at radius 2 is 2.08 bits per heavy atom. The lowest BCUT2D eigenvalue weighted by Crippen LogP contribution is -2.07. The molecule has 25 heavy (non-hydrogen) atoms. The third-order valence-electron chi connectivity index (χ3n) is 3.54. The summed E-state index contributed by atoms with van der Waals surface area (Å²) in [5.41, 5.74) is 3.50. The fourth-order valence-electron chi connectivity index (χ4n) is 2.34. The number of hydrogen-bond acceptors (Lipinski definition) is 4. The molecule has 0 aliphatic carbocycles. The van der Waals surface area contributed by atoms with Gasteiger partial charge in [0.1, 0.15) is 5.15 Å². The average Bonchev–Trinajstić information content (AvgIpc) is 3.10. The van der Waals surface area contributed by atoms with Crippen LogP contribution in [0, 0.1) is 13.8 Å². The molecule has 5 nitrogen and oxygen atoms in total. The maximum absolute atomic E-state index is 12.0. The van der Waals surface area contributed by atoms with Crippen molar-refractivity contribution in [2.45, 2.75) is 20.4 Å². The van der Waals surface area contributed by atoms with Crippen LogP contribution in [0.15, 0.2) is 41.8 Å². The first-order chi connectivity index (χ1) is 12.0. The number of hydrogen-bond donors (Lipinski definition) is 1. The van der Waals surface area contributed by atoms with Gasteiger partial charge in [0, 0.05) is 17.0 Å². The monoisotopic (exact) mass is 372 g/mol. The fraction of sp³-hybridized carbons (Fsp3) is 0.167. The number of carbonyl (C=O) groups is 1. The highest BCUT2D eigenvalue weighted by Crippen LogP contribution is 2.22. The lowest BCUT2D eigenvalue weighted by molar-refractivity contribution is -0.111. The summed E-state index contributed by atoms with van der Waals surface area (Å²) < 4.78 is 1.73. The van der Waals surface area contributed by atoms with Crippen LogP contribution in [0.3, 0.4) is 0 Å². The van der Waals surface area contributed by atoms with Crippen LogP contribution >= 0.6 is 22.9 Å². The summed E-state index contributed by atoms with van der Waals surface area (Å²) in [6.45, 7) is 4.33. The van der Waals surface area contributed by atoms with E-state index in [9.17, 15) is 4.79 Å². The van der Waals surface area contributed by atoms with Gasteiger partial charge in [0.15, 0.2) is 5.13 Å². The van der Waals surface area contributed by atoms with E-state index in [2.05, 4.69) is 15.4 Å². The number of aryl methyl sites for hydroxylation is 2. The molecule has 0 atom stereocenters. The van der Waals surface area contributed by atoms with Gasteiger partial charge in [-0.2, -0.15) is 5.10 Å². The molecule has 3 rings (SSSR count). The zero-order valence-electron chi connectivity index (χ0n) is 13.9. The van der Waals surface area contributed by atoms with Gasteiger partial charge in [-0.25, -0.2) is 9.67 Å². The lowest BCUT2D eigenvalue weighted by Gasteiger charge is -2.03. The number of thiazole rings is 1. The first kappa shape index (κ1) is 17.4. The summed E-state index contributed by atoms with van der Waals surface area (Å²) >= 11 is 7.83. The highest BCUT2D eigenvalue weighted by molar-refractivity contribution is 7.13. The molecule has 0 aliphatic heterocycles. The van der Waals surface area contributed by atoms with Gasteiger partial charge in [-0.3, -0.25) is 10.1 Å². The van der Waals surface area contributed by atoms with E-state index in [-0.39, 0.29) is 5.91 Å². The quantitative estimate of drug-likeness (QED) is 0.679. The number of nitrogens with one attached hydrogen (secondary N) is 1. The molecule has 7 heteroatoms. The zero-order chi connectivity index (χ0) is 17.8. The molecule has 128 valence electrons. The largest absolute Gasteiger partial charge is 0.298 e. The summed E-state index contributed by atoms with van der Waals surface area (Å²) in [4.78, 5) is 16.2. The van der Waals surface area contributed by atoms with E-state index in [0.717, 1.165) is 22.5 Å². The topological polar surface area (TPSA) is 59.8 Å². The summed E-state index contributed by atoms with van der Waals surface area (Å²) in [5, 5.41) is 10.2. The molecule has 1 amide bonds. The number of rotatable bonds is 5. The minimum Gasteiger partial charge on any atom is -0.298 e. The highest BCUT2D eigenvalue weighted by Gasteiger charge is 2.12. The molecule has 0 unspecified atom stereocenters. The van der Waals surface area contributed by atoms with Crippen molar-refractivity contribution < 1.29 is 4.79 Å². The van der Waals surface area contributed by atoms with Crippen molar-refractivity contribution >= 4 is 40.1 Å². The summed E-state index contributed by atoms with van der Waals surface area (Å²) in [5.74, 6) is -0.249. The first-order valence-electron chi connectivity index (χ1n) is 7.71. The molecule has 2 aromatic heterocycles. The number of nitrogens with zero attached hydrogens (tertiary/aromatic N) is 3. The van der Waals surface area contributed by atoms with E-state index in [1.54, 1.807) is 10.8 Å². The molecule has 0 fully saturated rings. The number of benzene rings is 1. The predicted molar refractivity (Wildman–Crippen MR) is 102 cm³/mol. The Hall–Kier alpha value is -2.44. The molecule has 0 spiro atoms. The Morgan fingerprint density at radius 3 is 2.76 bits per heavy atom. The van der Waals surface area contributed by atoms with Crippen LogP contribution in [0.25, 0.3) is 6.08 Å². The van der Waals surface area contributed by atoms with Crippen LogP contribution in [0.2, 0.25) is 5.15 Å². The Labute approximate surface area is 155 Å². The van der Waals surface area contributed by atoms with E-state index in [1.165, 1.54) is 17.4 Å². The van der Waals surface area contributed by atoms with E-state index in [4.69, 9.17) is 11.6 Å². The van der Waals surface area contributed by atoms with Crippen LogP contribution < -0.4 is 5.32 Å². The Bertz CT molecular complexity index is 915. The molecule has 3 aromatic rings. The standard InChI is InChI=1S/C18H17ClN4OS/c1-12-11-25-18(20-12)21-16(24)9-8-15-13(2)22-23(17(15)19)10-14-6-4-3-5-7-14/h3-9,11H,10H2,1-2H3,(H,20,21,24)/b9-8+. The molecular weight excluding hydrogens is 356 g/mol. The SMILES string of the molecule is Cc1csc(NC(=O)/C=C/c2c(C)nn(Cc3ccccc3)c2Cl)n1. The normalized spacial score (nSPS) is 11.2. The van der Waals surface area contributed by atoms with Gasteiger partial charge in [0.2, 0.25) is 5.91 Å². The minimum atomic E-state index is -0.249. The molecule has 1 N–H and O–H groups in total. The summed E-state index contributed by atoms with van der Waals surface area (Å²) in [6.07, 6.45) is 3.13. The summed E-state index contributed by atoms with van der Waals surface area (Å²) in [6, 6.07) is 9.96. The molecule has 0 saturated carbocycles. The molecule has 2 heterocycles. The van der Waals surface area contributed by atoms with Crippen molar-refractivity contribution in [2.24, 2.45) is 0 Å². The number of halogens is 1. The van der Waals surface area contributed by atoms with Crippen molar-refractivity contribution in [3.63, 3.8) is 0 Å². The maximum atomic E-state index is 12.0. The van der Waals surface area contributed by atoms with Gasteiger partial charge < -0.3 is 0 Å². The highest BCUT2D eigenvalue weighted by atomic mass is 35.5. The number of anilines is 1. The number of carbonyl (C=O) groups excluding carboxylic acids is 1. The first-order valence-corrected chi connectivity index (χ1v) is 8.96. The van der Waals surface area contributed by atoms with Gasteiger partial charge in [-0.1, -0.05) is 41.9 Å². The minimum absolute atomic E-state index is 0.249. The van der Waals surface area contributed by atoms with Crippen molar-refractivity contribution in [3.05, 3.63) is 69.5 Å². The molecule has 0 aliphatic rings. The predicted octanol–water partition coefficient (Wildman–Crippen LogP) is 4.31. The van der Waals surface area contributed by atoms with E-state index < -0.39 is 0 Å². The Kier molecular flexibility index (Phi) is 5.31. The van der Waals surface area contributed by atoms with Crippen molar-refractivity contribution in [2.75, 3.05) is 5.32 Å². The van der Waals surface area contributed by atoms with Gasteiger partial charge in [0.05, 0.1) is 17.9 Å². The van der Waals surface area contributed by atoms with E-state index in [0.29, 0.717) is 16.8 Å². The Balaban J connectivity index is 1.73. The second kappa shape index (κ2) is 7.63. The second-order valence-corrected chi connectivity index (χ2v) is 6.77. The van der Waals surface area contributed by atoms with Crippen molar-refractivity contribution in [3.8, 4) is 0 Å². The fourth-order valence-corrected chi connectivity index (χ4v) is 3.32. The van der Waals surface area contributed by atoms with Gasteiger partial charge in [-0.15, -0.1) is 11.3 Å². The zero-order valence-corrected chi connectivity index (χ0v) is 15.4. The van der Waals surface area contributed by atoms with Crippen LogP contribution in [0.4, 0.5) is 5.13 Å². The number of amides is 1. The smallest absolute Gasteiger partial charge is 0.250 e. The molecule has 0 bridgehead atoms. The van der Waals surface area contributed by atoms with Crippen LogP contribution in [0.5, 0.6) is 0 Å². The third kappa shape index (κ3) is 4.35. The molecule has 0 saturated heterocycles. The second-order valence-electron chi connectivity index (χ2n) is 5.55. The molecule has 0 radical (unpaired) electrons. The maximum Gasteiger partial charge on any atom is 0.250 e. The van der Waals surface area contributed by atoms with Crippen LogP contribution in [0.1, 0.15) is 22.5 Å². The van der Waals surface area contributed by atoms with Gasteiger partial charge in [0.25, 0.3) is 0 Å². The number of aromatic nitrogens is 3. The average molecular weight is 373 g/mol.